The Hall–Kier alpha value is -2.02. The second-order valence-electron chi connectivity index (χ2n) is 3.81. The zero-order valence-corrected chi connectivity index (χ0v) is 10.7. The van der Waals surface area contributed by atoms with E-state index in [0.717, 1.165) is 12.1 Å². The van der Waals surface area contributed by atoms with Crippen LogP contribution < -0.4 is 10.5 Å². The number of sulfonamides is 1. The molecule has 1 aromatic carbocycles. The Morgan fingerprint density at radius 3 is 2.78 bits per heavy atom. The summed E-state index contributed by atoms with van der Waals surface area (Å²) in [5.74, 6) is 0.272. The zero-order chi connectivity index (χ0) is 13.2. The number of aromatic nitrogens is 2. The molecule has 18 heavy (non-hydrogen) atoms. The molecule has 2 rings (SSSR count). The first-order chi connectivity index (χ1) is 8.51. The molecule has 0 aliphatic heterocycles. The fourth-order valence-corrected chi connectivity index (χ4v) is 2.52. The van der Waals surface area contributed by atoms with Crippen molar-refractivity contribution in [3.05, 3.63) is 36.0 Å². The number of nitrogens with two attached hydrogens (primary N) is 1. The van der Waals surface area contributed by atoms with Gasteiger partial charge in [0.15, 0.2) is 5.82 Å². The summed E-state index contributed by atoms with van der Waals surface area (Å²) >= 11 is 0. The maximum absolute atomic E-state index is 12.0. The summed E-state index contributed by atoms with van der Waals surface area (Å²) < 4.78 is 26.5. The van der Waals surface area contributed by atoms with Gasteiger partial charge in [-0.05, 0) is 24.6 Å². The van der Waals surface area contributed by atoms with Crippen molar-refractivity contribution in [2.24, 2.45) is 0 Å². The van der Waals surface area contributed by atoms with Crippen LogP contribution in [0.25, 0.3) is 0 Å². The summed E-state index contributed by atoms with van der Waals surface area (Å²) in [6.07, 6.45) is 0.757. The Balaban J connectivity index is 2.27. The molecule has 0 amide bonds. The zero-order valence-electron chi connectivity index (χ0n) is 9.84. The minimum absolute atomic E-state index is 0.114. The lowest BCUT2D eigenvalue weighted by Crippen LogP contribution is -2.13. The van der Waals surface area contributed by atoms with Gasteiger partial charge in [-0.2, -0.15) is 5.10 Å². The Morgan fingerprint density at radius 1 is 1.39 bits per heavy atom. The molecular formula is C11H14N4O2S. The maximum atomic E-state index is 12.0. The first-order valence-electron chi connectivity index (χ1n) is 5.44. The summed E-state index contributed by atoms with van der Waals surface area (Å²) in [6.45, 7) is 1.95. The fourth-order valence-electron chi connectivity index (χ4n) is 1.47. The number of hydrogen-bond acceptors (Lipinski definition) is 4. The highest BCUT2D eigenvalue weighted by Gasteiger charge is 2.15. The predicted octanol–water partition coefficient (Wildman–Crippen LogP) is 1.36. The predicted molar refractivity (Wildman–Crippen MR) is 69.6 cm³/mol. The van der Waals surface area contributed by atoms with Gasteiger partial charge in [-0.1, -0.05) is 13.0 Å². The second-order valence-corrected chi connectivity index (χ2v) is 5.49. The van der Waals surface area contributed by atoms with E-state index < -0.39 is 10.0 Å². The topological polar surface area (TPSA) is 101 Å². The molecule has 0 aliphatic rings. The summed E-state index contributed by atoms with van der Waals surface area (Å²) in [7, 11) is -3.64. The van der Waals surface area contributed by atoms with Gasteiger partial charge >= 0.3 is 0 Å². The van der Waals surface area contributed by atoms with Crippen molar-refractivity contribution >= 4 is 21.5 Å². The third-order valence-corrected chi connectivity index (χ3v) is 3.77. The lowest BCUT2D eigenvalue weighted by atomic mass is 10.3. The van der Waals surface area contributed by atoms with Gasteiger partial charge in [0.05, 0.1) is 4.90 Å². The number of benzene rings is 1. The average molecular weight is 266 g/mol. The van der Waals surface area contributed by atoms with Crippen molar-refractivity contribution in [3.8, 4) is 0 Å². The third kappa shape index (κ3) is 2.62. The van der Waals surface area contributed by atoms with Gasteiger partial charge in [0.25, 0.3) is 10.0 Å². The Labute approximate surface area is 105 Å². The van der Waals surface area contributed by atoms with Crippen molar-refractivity contribution in [3.63, 3.8) is 0 Å². The SMILES string of the molecule is CCc1cc(NS(=O)(=O)c2cccc(N)c2)n[nH]1. The summed E-state index contributed by atoms with van der Waals surface area (Å²) in [5, 5.41) is 6.61. The average Bonchev–Trinajstić information content (AvgIpc) is 2.76. The van der Waals surface area contributed by atoms with E-state index in [-0.39, 0.29) is 10.7 Å². The van der Waals surface area contributed by atoms with Gasteiger partial charge in [-0.25, -0.2) is 8.42 Å². The van der Waals surface area contributed by atoms with E-state index in [0.29, 0.717) is 5.69 Å². The van der Waals surface area contributed by atoms with Gasteiger partial charge in [-0.15, -0.1) is 0 Å². The molecule has 0 aliphatic carbocycles. The minimum Gasteiger partial charge on any atom is -0.399 e. The van der Waals surface area contributed by atoms with Crippen LogP contribution in [0.4, 0.5) is 11.5 Å². The summed E-state index contributed by atoms with van der Waals surface area (Å²) in [4.78, 5) is 0.114. The smallest absolute Gasteiger partial charge is 0.263 e. The first-order valence-corrected chi connectivity index (χ1v) is 6.92. The van der Waals surface area contributed by atoms with Crippen LogP contribution in [0.15, 0.2) is 35.2 Å². The highest BCUT2D eigenvalue weighted by molar-refractivity contribution is 7.92. The van der Waals surface area contributed by atoms with Crippen molar-refractivity contribution in [1.29, 1.82) is 0 Å². The summed E-state index contributed by atoms with van der Waals surface area (Å²) in [6, 6.07) is 7.75. The molecule has 0 radical (unpaired) electrons. The van der Waals surface area contributed by atoms with Crippen LogP contribution in [0, 0.1) is 0 Å². The van der Waals surface area contributed by atoms with E-state index in [1.165, 1.54) is 12.1 Å². The van der Waals surface area contributed by atoms with E-state index in [1.807, 2.05) is 6.92 Å². The van der Waals surface area contributed by atoms with Crippen LogP contribution in [0.3, 0.4) is 0 Å². The Kier molecular flexibility index (Phi) is 3.24. The van der Waals surface area contributed by atoms with Gasteiger partial charge in [-0.3, -0.25) is 9.82 Å². The molecule has 6 nitrogen and oxygen atoms in total. The number of nitrogens with one attached hydrogen (secondary N) is 2. The fraction of sp³-hybridized carbons (Fsp3) is 0.182. The molecule has 0 saturated heterocycles. The lowest BCUT2D eigenvalue weighted by molar-refractivity contribution is 0.601. The molecule has 4 N–H and O–H groups in total. The number of anilines is 2. The summed E-state index contributed by atoms with van der Waals surface area (Å²) in [5.41, 5.74) is 6.82. The van der Waals surface area contributed by atoms with Crippen LogP contribution >= 0.6 is 0 Å². The third-order valence-electron chi connectivity index (χ3n) is 2.42. The van der Waals surface area contributed by atoms with E-state index in [1.54, 1.807) is 18.2 Å². The molecule has 2 aromatic rings. The molecule has 0 bridgehead atoms. The van der Waals surface area contributed by atoms with Crippen molar-refractivity contribution in [2.45, 2.75) is 18.2 Å². The van der Waals surface area contributed by atoms with Crippen molar-refractivity contribution in [1.82, 2.24) is 10.2 Å². The van der Waals surface area contributed by atoms with Crippen LogP contribution in [-0.4, -0.2) is 18.6 Å². The molecule has 1 aromatic heterocycles. The molecule has 0 fully saturated rings. The number of rotatable bonds is 4. The molecule has 0 atom stereocenters. The van der Waals surface area contributed by atoms with Gasteiger partial charge in [0, 0.05) is 17.4 Å². The number of H-pyrrole nitrogens is 1. The highest BCUT2D eigenvalue weighted by atomic mass is 32.2. The van der Waals surface area contributed by atoms with E-state index in [4.69, 9.17) is 5.73 Å². The monoisotopic (exact) mass is 266 g/mol. The highest BCUT2D eigenvalue weighted by Crippen LogP contribution is 2.17. The number of aryl methyl sites for hydroxylation is 1. The Morgan fingerprint density at radius 2 is 2.17 bits per heavy atom. The van der Waals surface area contributed by atoms with Crippen molar-refractivity contribution in [2.75, 3.05) is 10.5 Å². The van der Waals surface area contributed by atoms with Gasteiger partial charge in [0.2, 0.25) is 0 Å². The standard InChI is InChI=1S/C11H14N4O2S/c1-2-9-7-11(14-13-9)15-18(16,17)10-5-3-4-8(12)6-10/h3-7H,2,12H2,1H3,(H2,13,14,15). The number of nitrogens with zero attached hydrogens (tertiary/aromatic N) is 1. The molecule has 96 valence electrons. The maximum Gasteiger partial charge on any atom is 0.263 e. The molecule has 7 heteroatoms. The van der Waals surface area contributed by atoms with E-state index in [9.17, 15) is 8.42 Å². The number of aromatic amines is 1. The van der Waals surface area contributed by atoms with Crippen LogP contribution in [0.2, 0.25) is 0 Å². The van der Waals surface area contributed by atoms with E-state index in [2.05, 4.69) is 14.9 Å². The van der Waals surface area contributed by atoms with E-state index >= 15 is 0 Å². The minimum atomic E-state index is -3.64. The van der Waals surface area contributed by atoms with Crippen LogP contribution in [0.5, 0.6) is 0 Å². The quantitative estimate of drug-likeness (QED) is 0.727. The van der Waals surface area contributed by atoms with Crippen molar-refractivity contribution < 1.29 is 8.42 Å². The largest absolute Gasteiger partial charge is 0.399 e. The molecule has 0 unspecified atom stereocenters. The molecule has 0 saturated carbocycles. The normalized spacial score (nSPS) is 11.4. The van der Waals surface area contributed by atoms with Gasteiger partial charge in [0.1, 0.15) is 0 Å². The molecule has 0 spiro atoms. The second kappa shape index (κ2) is 4.69. The number of nitrogen functional groups attached to an aromatic ring is 1. The Bertz CT molecular complexity index is 649. The number of hydrogen-bond donors (Lipinski definition) is 3. The lowest BCUT2D eigenvalue weighted by Gasteiger charge is -2.05. The van der Waals surface area contributed by atoms with Crippen LogP contribution in [-0.2, 0) is 16.4 Å². The molecule has 1 heterocycles. The first kappa shape index (κ1) is 12.4. The van der Waals surface area contributed by atoms with Crippen LogP contribution in [0.1, 0.15) is 12.6 Å². The van der Waals surface area contributed by atoms with Gasteiger partial charge < -0.3 is 5.73 Å². The molecular weight excluding hydrogens is 252 g/mol.